The van der Waals surface area contributed by atoms with E-state index in [2.05, 4.69) is 21.2 Å². The minimum atomic E-state index is -1.20. The number of carbonyl (C=O) groups is 2. The van der Waals surface area contributed by atoms with Crippen molar-refractivity contribution in [2.75, 3.05) is 20.3 Å². The first kappa shape index (κ1) is 33.7. The Balaban J connectivity index is 1.40. The maximum atomic E-state index is 12.5. The maximum absolute atomic E-state index is 12.5. The molecule has 0 saturated carbocycles. The van der Waals surface area contributed by atoms with Gasteiger partial charge in [-0.25, -0.2) is 9.59 Å². The average molecular weight is 678 g/mol. The summed E-state index contributed by atoms with van der Waals surface area (Å²) in [4.78, 5) is 24.6. The maximum Gasteiger partial charge on any atom is 0.337 e. The predicted octanol–water partition coefficient (Wildman–Crippen LogP) is 5.75. The van der Waals surface area contributed by atoms with Crippen LogP contribution in [0.15, 0.2) is 71.0 Å². The first-order valence-corrected chi connectivity index (χ1v) is 14.8. The lowest BCUT2D eigenvalue weighted by molar-refractivity contribution is -0.136. The zero-order valence-corrected chi connectivity index (χ0v) is 26.8. The van der Waals surface area contributed by atoms with Crippen LogP contribution in [0.5, 0.6) is 17.2 Å². The molecule has 1 aliphatic heterocycles. The van der Waals surface area contributed by atoms with Gasteiger partial charge in [0.2, 0.25) is 0 Å². The van der Waals surface area contributed by atoms with E-state index < -0.39 is 24.3 Å². The minimum Gasteiger partial charge on any atom is -0.490 e. The van der Waals surface area contributed by atoms with Gasteiger partial charge in [-0.1, -0.05) is 46.9 Å². The topological polar surface area (TPSA) is 140 Å². The lowest BCUT2D eigenvalue weighted by atomic mass is 9.95. The van der Waals surface area contributed by atoms with Crippen molar-refractivity contribution < 1.29 is 33.6 Å². The number of benzene rings is 3. The SMILES string of the molecule is CCOc1cc([C@@H]2NC(=O)NC(C)=C2C(=O)OC)ccc1OC[C@H](O)N/N=C/c1cc(Cl)ccc1OCc1ccc(Cl)c(Cl)c1. The number of hydrogen-bond acceptors (Lipinski definition) is 9. The Morgan fingerprint density at radius 1 is 1.02 bits per heavy atom. The smallest absolute Gasteiger partial charge is 0.337 e. The summed E-state index contributed by atoms with van der Waals surface area (Å²) in [6.45, 7) is 3.78. The van der Waals surface area contributed by atoms with Crippen LogP contribution in [-0.2, 0) is 16.1 Å². The van der Waals surface area contributed by atoms with Gasteiger partial charge in [0, 0.05) is 16.3 Å². The van der Waals surface area contributed by atoms with Crippen LogP contribution in [0.4, 0.5) is 4.79 Å². The van der Waals surface area contributed by atoms with Crippen molar-refractivity contribution in [3.05, 3.63) is 97.6 Å². The highest BCUT2D eigenvalue weighted by atomic mass is 35.5. The number of aliphatic hydroxyl groups is 1. The van der Waals surface area contributed by atoms with Crippen molar-refractivity contribution in [2.24, 2.45) is 5.10 Å². The fourth-order valence-electron chi connectivity index (χ4n) is 4.36. The summed E-state index contributed by atoms with van der Waals surface area (Å²) in [7, 11) is 1.27. The van der Waals surface area contributed by atoms with E-state index >= 15 is 0 Å². The Kier molecular flexibility index (Phi) is 11.8. The van der Waals surface area contributed by atoms with Crippen molar-refractivity contribution in [3.63, 3.8) is 0 Å². The molecular formula is C31H31Cl3N4O7. The number of urea groups is 1. The van der Waals surface area contributed by atoms with Crippen LogP contribution in [0.3, 0.4) is 0 Å². The molecule has 3 aromatic carbocycles. The monoisotopic (exact) mass is 676 g/mol. The van der Waals surface area contributed by atoms with E-state index in [0.717, 1.165) is 5.56 Å². The van der Waals surface area contributed by atoms with Gasteiger partial charge in [-0.2, -0.15) is 5.10 Å². The summed E-state index contributed by atoms with van der Waals surface area (Å²) in [5.41, 5.74) is 5.20. The van der Waals surface area contributed by atoms with E-state index in [4.69, 9.17) is 53.8 Å². The molecule has 2 atom stereocenters. The van der Waals surface area contributed by atoms with Gasteiger partial charge >= 0.3 is 12.0 Å². The van der Waals surface area contributed by atoms with Gasteiger partial charge in [-0.3, -0.25) is 5.43 Å². The van der Waals surface area contributed by atoms with E-state index in [1.165, 1.54) is 13.3 Å². The number of halogens is 3. The van der Waals surface area contributed by atoms with Gasteiger partial charge in [-0.05, 0) is 67.4 Å². The quantitative estimate of drug-likeness (QED) is 0.0777. The highest BCUT2D eigenvalue weighted by Crippen LogP contribution is 2.35. The second-order valence-corrected chi connectivity index (χ2v) is 10.9. The first-order valence-electron chi connectivity index (χ1n) is 13.7. The summed E-state index contributed by atoms with van der Waals surface area (Å²) < 4.78 is 22.4. The number of amides is 2. The van der Waals surface area contributed by atoms with Crippen LogP contribution in [0.1, 0.15) is 36.6 Å². The van der Waals surface area contributed by atoms with Gasteiger partial charge < -0.3 is 34.7 Å². The van der Waals surface area contributed by atoms with Crippen molar-refractivity contribution in [2.45, 2.75) is 32.7 Å². The summed E-state index contributed by atoms with van der Waals surface area (Å²) >= 11 is 18.3. The van der Waals surface area contributed by atoms with E-state index in [1.54, 1.807) is 62.4 Å². The molecule has 0 aliphatic carbocycles. The van der Waals surface area contributed by atoms with Gasteiger partial charge in [0.05, 0.1) is 41.6 Å². The number of nitrogens with zero attached hydrogens (tertiary/aromatic N) is 1. The third-order valence-electron chi connectivity index (χ3n) is 6.45. The largest absolute Gasteiger partial charge is 0.490 e. The number of hydrazone groups is 1. The number of esters is 1. The molecule has 238 valence electrons. The Labute approximate surface area is 275 Å². The van der Waals surface area contributed by atoms with Crippen LogP contribution >= 0.6 is 34.8 Å². The van der Waals surface area contributed by atoms with Crippen LogP contribution < -0.4 is 30.3 Å². The third-order valence-corrected chi connectivity index (χ3v) is 7.42. The number of rotatable bonds is 13. The molecule has 0 saturated heterocycles. The second-order valence-electron chi connectivity index (χ2n) is 9.63. The molecule has 0 bridgehead atoms. The lowest BCUT2D eigenvalue weighted by Gasteiger charge is -2.28. The number of allylic oxidation sites excluding steroid dienone is 1. The highest BCUT2D eigenvalue weighted by molar-refractivity contribution is 6.42. The van der Waals surface area contributed by atoms with Gasteiger partial charge in [0.15, 0.2) is 17.7 Å². The zero-order chi connectivity index (χ0) is 32.5. The number of ether oxygens (including phenoxy) is 4. The van der Waals surface area contributed by atoms with Crippen molar-refractivity contribution >= 4 is 53.0 Å². The van der Waals surface area contributed by atoms with E-state index in [-0.39, 0.29) is 18.8 Å². The number of carbonyl (C=O) groups excluding carboxylic acids is 2. The Bertz CT molecular complexity index is 1620. The van der Waals surface area contributed by atoms with Crippen molar-refractivity contribution in [1.29, 1.82) is 0 Å². The molecule has 3 aromatic rings. The molecule has 45 heavy (non-hydrogen) atoms. The van der Waals surface area contributed by atoms with E-state index in [1.807, 2.05) is 6.07 Å². The van der Waals surface area contributed by atoms with Crippen LogP contribution in [0, 0.1) is 0 Å². The number of nitrogens with one attached hydrogen (secondary N) is 3. The summed E-state index contributed by atoms with van der Waals surface area (Å²) in [6, 6.07) is 14.0. The molecular weight excluding hydrogens is 647 g/mol. The average Bonchev–Trinajstić information content (AvgIpc) is 3.01. The lowest BCUT2D eigenvalue weighted by Crippen LogP contribution is -2.45. The highest BCUT2D eigenvalue weighted by Gasteiger charge is 2.32. The number of methoxy groups -OCH3 is 1. The Morgan fingerprint density at radius 2 is 1.80 bits per heavy atom. The molecule has 0 aromatic heterocycles. The van der Waals surface area contributed by atoms with Gasteiger partial charge in [0.25, 0.3) is 0 Å². The summed E-state index contributed by atoms with van der Waals surface area (Å²) in [5, 5.41) is 21.3. The molecule has 1 heterocycles. The zero-order valence-electron chi connectivity index (χ0n) is 24.5. The molecule has 0 unspecified atom stereocenters. The summed E-state index contributed by atoms with van der Waals surface area (Å²) in [5.74, 6) is 0.608. The fourth-order valence-corrected chi connectivity index (χ4v) is 4.86. The fraction of sp³-hybridized carbons (Fsp3) is 0.258. The molecule has 1 aliphatic rings. The van der Waals surface area contributed by atoms with Crippen molar-refractivity contribution in [1.82, 2.24) is 16.1 Å². The van der Waals surface area contributed by atoms with Gasteiger partial charge in [-0.15, -0.1) is 0 Å². The molecule has 14 heteroatoms. The molecule has 0 spiro atoms. The van der Waals surface area contributed by atoms with Crippen LogP contribution in [0.2, 0.25) is 15.1 Å². The standard InChI is InChI=1S/C31H31Cl3N4O7/c1-4-43-26-13-19(29-28(30(40)42-3)17(2)36-31(41)37-29)6-9-25(26)45-16-27(39)38-35-14-20-12-21(32)7-10-24(20)44-15-18-5-8-22(33)23(34)11-18/h5-14,27,29,38-39H,4,15-16H2,1-3H3,(H2,36,37,41)/b35-14+/t27-,29-/m0/s1. The molecule has 2 amide bonds. The molecule has 4 rings (SSSR count). The van der Waals surface area contributed by atoms with E-state index in [0.29, 0.717) is 55.7 Å². The Hall–Kier alpha value is -4.16. The molecule has 4 N–H and O–H groups in total. The number of aliphatic hydroxyl groups excluding tert-OH is 1. The van der Waals surface area contributed by atoms with Crippen LogP contribution in [0.25, 0.3) is 0 Å². The normalized spacial score (nSPS) is 15.3. The Morgan fingerprint density at radius 3 is 2.53 bits per heavy atom. The molecule has 0 fully saturated rings. The minimum absolute atomic E-state index is 0.191. The molecule has 11 nitrogen and oxygen atoms in total. The van der Waals surface area contributed by atoms with Gasteiger partial charge in [0.1, 0.15) is 19.0 Å². The van der Waals surface area contributed by atoms with E-state index in [9.17, 15) is 14.7 Å². The summed E-state index contributed by atoms with van der Waals surface area (Å²) in [6.07, 6.45) is 0.261. The molecule has 0 radical (unpaired) electrons. The predicted molar refractivity (Wildman–Crippen MR) is 171 cm³/mol. The number of hydrogen-bond donors (Lipinski definition) is 4. The van der Waals surface area contributed by atoms with Crippen LogP contribution in [-0.4, -0.2) is 49.9 Å². The first-order chi connectivity index (χ1) is 21.6. The third kappa shape index (κ3) is 8.95. The second kappa shape index (κ2) is 15.7. The van der Waals surface area contributed by atoms with Crippen molar-refractivity contribution in [3.8, 4) is 17.2 Å².